The monoisotopic (exact) mass is 290 g/mol. The Balaban J connectivity index is 2.67. The van der Waals surface area contributed by atoms with Gasteiger partial charge in [-0.25, -0.2) is 4.98 Å². The van der Waals surface area contributed by atoms with Crippen molar-refractivity contribution < 1.29 is 4.74 Å². The second kappa shape index (κ2) is 9.56. The largest absolute Gasteiger partial charge is 0.478 e. The number of hydrogen-bond donors (Lipinski definition) is 1. The first-order chi connectivity index (χ1) is 10.0. The molecule has 118 valence electrons. The SMILES string of the molecule is C=CCCCOc1cc(CNCC(C)C)cc(C(C)C)n1. The van der Waals surface area contributed by atoms with E-state index in [1.165, 1.54) is 5.56 Å². The van der Waals surface area contributed by atoms with Gasteiger partial charge in [0.15, 0.2) is 0 Å². The lowest BCUT2D eigenvalue weighted by Crippen LogP contribution is -2.19. The average molecular weight is 290 g/mol. The number of aromatic nitrogens is 1. The molecule has 0 aromatic carbocycles. The van der Waals surface area contributed by atoms with Crippen molar-refractivity contribution in [2.45, 2.75) is 53.0 Å². The van der Waals surface area contributed by atoms with E-state index in [-0.39, 0.29) is 0 Å². The molecule has 0 amide bonds. The summed E-state index contributed by atoms with van der Waals surface area (Å²) >= 11 is 0. The lowest BCUT2D eigenvalue weighted by Gasteiger charge is -2.13. The van der Waals surface area contributed by atoms with Gasteiger partial charge < -0.3 is 10.1 Å². The van der Waals surface area contributed by atoms with E-state index in [0.29, 0.717) is 18.4 Å². The number of nitrogens with zero attached hydrogens (tertiary/aromatic N) is 1. The normalized spacial score (nSPS) is 11.1. The highest BCUT2D eigenvalue weighted by Crippen LogP contribution is 2.19. The third-order valence-corrected chi connectivity index (χ3v) is 3.16. The van der Waals surface area contributed by atoms with Crippen LogP contribution in [-0.2, 0) is 6.54 Å². The quantitative estimate of drug-likeness (QED) is 0.515. The first-order valence-corrected chi connectivity index (χ1v) is 7.98. The Morgan fingerprint density at radius 1 is 1.29 bits per heavy atom. The highest BCUT2D eigenvalue weighted by molar-refractivity contribution is 5.26. The van der Waals surface area contributed by atoms with Crippen LogP contribution in [-0.4, -0.2) is 18.1 Å². The summed E-state index contributed by atoms with van der Waals surface area (Å²) in [7, 11) is 0. The van der Waals surface area contributed by atoms with Gasteiger partial charge in [0.25, 0.3) is 0 Å². The molecule has 0 saturated heterocycles. The van der Waals surface area contributed by atoms with Gasteiger partial charge in [-0.15, -0.1) is 6.58 Å². The van der Waals surface area contributed by atoms with Crippen molar-refractivity contribution in [3.05, 3.63) is 36.0 Å². The molecule has 0 aliphatic rings. The Hall–Kier alpha value is -1.35. The zero-order valence-electron chi connectivity index (χ0n) is 14.0. The van der Waals surface area contributed by atoms with E-state index in [4.69, 9.17) is 4.74 Å². The minimum atomic E-state index is 0.408. The fourth-order valence-electron chi connectivity index (χ4n) is 1.96. The van der Waals surface area contributed by atoms with Gasteiger partial charge in [0.1, 0.15) is 0 Å². The average Bonchev–Trinajstić information content (AvgIpc) is 2.43. The Morgan fingerprint density at radius 3 is 2.67 bits per heavy atom. The Morgan fingerprint density at radius 2 is 2.05 bits per heavy atom. The van der Waals surface area contributed by atoms with Crippen molar-refractivity contribution in [1.82, 2.24) is 10.3 Å². The number of pyridine rings is 1. The molecule has 0 unspecified atom stereocenters. The van der Waals surface area contributed by atoms with Crippen LogP contribution in [0, 0.1) is 5.92 Å². The third kappa shape index (κ3) is 7.28. The first-order valence-electron chi connectivity index (χ1n) is 7.98. The molecule has 3 heteroatoms. The summed E-state index contributed by atoms with van der Waals surface area (Å²) < 4.78 is 5.78. The number of nitrogens with one attached hydrogen (secondary N) is 1. The smallest absolute Gasteiger partial charge is 0.213 e. The van der Waals surface area contributed by atoms with Gasteiger partial charge in [0, 0.05) is 18.3 Å². The Kier molecular flexibility index (Phi) is 8.06. The molecule has 0 saturated carbocycles. The second-order valence-corrected chi connectivity index (χ2v) is 6.20. The van der Waals surface area contributed by atoms with Crippen molar-refractivity contribution >= 4 is 0 Å². The summed E-state index contributed by atoms with van der Waals surface area (Å²) in [5.41, 5.74) is 2.34. The molecular formula is C18H30N2O. The molecule has 0 radical (unpaired) electrons. The summed E-state index contributed by atoms with van der Waals surface area (Å²) in [6.07, 6.45) is 3.88. The lowest BCUT2D eigenvalue weighted by atomic mass is 10.1. The van der Waals surface area contributed by atoms with Crippen LogP contribution < -0.4 is 10.1 Å². The van der Waals surface area contributed by atoms with Gasteiger partial charge in [0.2, 0.25) is 5.88 Å². The first kappa shape index (κ1) is 17.7. The van der Waals surface area contributed by atoms with Gasteiger partial charge in [0.05, 0.1) is 6.61 Å². The molecule has 0 aliphatic carbocycles. The van der Waals surface area contributed by atoms with Crippen molar-refractivity contribution in [3.63, 3.8) is 0 Å². The minimum absolute atomic E-state index is 0.408. The maximum absolute atomic E-state index is 5.78. The van der Waals surface area contributed by atoms with Crippen LogP contribution in [0.2, 0.25) is 0 Å². The van der Waals surface area contributed by atoms with E-state index in [9.17, 15) is 0 Å². The molecule has 0 fully saturated rings. The van der Waals surface area contributed by atoms with Crippen molar-refractivity contribution in [2.75, 3.05) is 13.2 Å². The zero-order valence-corrected chi connectivity index (χ0v) is 14.0. The van der Waals surface area contributed by atoms with Gasteiger partial charge in [-0.05, 0) is 42.9 Å². The molecule has 1 rings (SSSR count). The Bertz CT molecular complexity index is 427. The second-order valence-electron chi connectivity index (χ2n) is 6.20. The highest BCUT2D eigenvalue weighted by Gasteiger charge is 2.07. The standard InChI is InChI=1S/C18H30N2O/c1-6-7-8-9-21-18-11-16(13-19-12-14(2)3)10-17(20-18)15(4)5/h6,10-11,14-15,19H,1,7-9,12-13H2,2-5H3. The van der Waals surface area contributed by atoms with E-state index < -0.39 is 0 Å². The van der Waals surface area contributed by atoms with E-state index >= 15 is 0 Å². The maximum Gasteiger partial charge on any atom is 0.213 e. The summed E-state index contributed by atoms with van der Waals surface area (Å²) in [6, 6.07) is 4.22. The lowest BCUT2D eigenvalue weighted by molar-refractivity contribution is 0.298. The van der Waals surface area contributed by atoms with Crippen LogP contribution >= 0.6 is 0 Å². The molecule has 1 heterocycles. The topological polar surface area (TPSA) is 34.1 Å². The molecule has 1 aromatic heterocycles. The molecule has 0 atom stereocenters. The van der Waals surface area contributed by atoms with Crippen molar-refractivity contribution in [3.8, 4) is 5.88 Å². The third-order valence-electron chi connectivity index (χ3n) is 3.16. The Labute approximate surface area is 129 Å². The summed E-state index contributed by atoms with van der Waals surface area (Å²) in [6.45, 7) is 15.1. The van der Waals surface area contributed by atoms with E-state index in [1.54, 1.807) is 0 Å². The van der Waals surface area contributed by atoms with Crippen molar-refractivity contribution in [2.24, 2.45) is 5.92 Å². The van der Waals surface area contributed by atoms with Crippen LogP contribution in [0.1, 0.15) is 57.7 Å². The van der Waals surface area contributed by atoms with Gasteiger partial charge in [-0.3, -0.25) is 0 Å². The zero-order chi connectivity index (χ0) is 15.7. The molecule has 0 spiro atoms. The van der Waals surface area contributed by atoms with E-state index in [1.807, 2.05) is 12.1 Å². The van der Waals surface area contributed by atoms with Crippen LogP contribution in [0.5, 0.6) is 5.88 Å². The highest BCUT2D eigenvalue weighted by atomic mass is 16.5. The molecule has 0 bridgehead atoms. The molecule has 1 N–H and O–H groups in total. The van der Waals surface area contributed by atoms with Gasteiger partial charge in [-0.2, -0.15) is 0 Å². The summed E-state index contributed by atoms with van der Waals surface area (Å²) in [5, 5.41) is 3.47. The number of rotatable bonds is 10. The molecule has 0 aliphatic heterocycles. The van der Waals surface area contributed by atoms with E-state index in [0.717, 1.165) is 37.5 Å². The molecule has 21 heavy (non-hydrogen) atoms. The number of unbranched alkanes of at least 4 members (excludes halogenated alkanes) is 1. The van der Waals surface area contributed by atoms with E-state index in [2.05, 4.69) is 50.6 Å². The predicted molar refractivity (Wildman–Crippen MR) is 89.8 cm³/mol. The molecule has 1 aromatic rings. The molecular weight excluding hydrogens is 260 g/mol. The fourth-order valence-corrected chi connectivity index (χ4v) is 1.96. The number of hydrogen-bond acceptors (Lipinski definition) is 3. The van der Waals surface area contributed by atoms with Crippen molar-refractivity contribution in [1.29, 1.82) is 0 Å². The van der Waals surface area contributed by atoms with Gasteiger partial charge in [-0.1, -0.05) is 33.8 Å². The van der Waals surface area contributed by atoms with Crippen LogP contribution in [0.25, 0.3) is 0 Å². The number of ether oxygens (including phenoxy) is 1. The van der Waals surface area contributed by atoms with Crippen LogP contribution in [0.3, 0.4) is 0 Å². The molecule has 3 nitrogen and oxygen atoms in total. The van der Waals surface area contributed by atoms with Crippen LogP contribution in [0.4, 0.5) is 0 Å². The summed E-state index contributed by atoms with van der Waals surface area (Å²) in [4.78, 5) is 4.60. The van der Waals surface area contributed by atoms with Gasteiger partial charge >= 0.3 is 0 Å². The summed E-state index contributed by atoms with van der Waals surface area (Å²) in [5.74, 6) is 1.81. The predicted octanol–water partition coefficient (Wildman–Crippen LogP) is 4.30. The minimum Gasteiger partial charge on any atom is -0.478 e. The fraction of sp³-hybridized carbons (Fsp3) is 0.611. The number of allylic oxidation sites excluding steroid dienone is 1. The van der Waals surface area contributed by atoms with Crippen LogP contribution in [0.15, 0.2) is 24.8 Å². The maximum atomic E-state index is 5.78.